The number of carbonyl (C=O) groups excluding carboxylic acids is 2. The Bertz CT molecular complexity index is 1120. The maximum Gasteiger partial charge on any atom is 0.266 e. The van der Waals surface area contributed by atoms with Gasteiger partial charge in [-0.05, 0) is 54.1 Å². The highest BCUT2D eigenvalue weighted by molar-refractivity contribution is 6.31. The third-order valence-electron chi connectivity index (χ3n) is 5.40. The number of fused-ring (bicyclic) bond motifs is 1. The molecule has 2 heterocycles. The average Bonchev–Trinajstić information content (AvgIpc) is 3.26. The van der Waals surface area contributed by atoms with Gasteiger partial charge >= 0.3 is 0 Å². The first kappa shape index (κ1) is 19.1. The van der Waals surface area contributed by atoms with Crippen LogP contribution in [-0.4, -0.2) is 17.9 Å². The SMILES string of the molecule is O=C1[C@H]2[C@@H](c3cccc(Cl)c3)N(c3ccccc3)O[C@H]2C(=O)N1c1ccc(Cl)cc1. The quantitative estimate of drug-likeness (QED) is 0.537. The van der Waals surface area contributed by atoms with Crippen molar-refractivity contribution in [3.05, 3.63) is 94.5 Å². The number of benzene rings is 3. The number of carbonyl (C=O) groups is 2. The van der Waals surface area contributed by atoms with Gasteiger partial charge in [-0.2, -0.15) is 0 Å². The number of rotatable bonds is 3. The molecule has 0 spiro atoms. The predicted octanol–water partition coefficient (Wildman–Crippen LogP) is 5.04. The van der Waals surface area contributed by atoms with E-state index in [9.17, 15) is 9.59 Å². The molecule has 7 heteroatoms. The molecule has 0 bridgehead atoms. The van der Waals surface area contributed by atoms with E-state index in [2.05, 4.69) is 0 Å². The molecule has 0 aromatic heterocycles. The fraction of sp³-hybridized carbons (Fsp3) is 0.130. The number of hydrogen-bond donors (Lipinski definition) is 0. The predicted molar refractivity (Wildman–Crippen MR) is 115 cm³/mol. The van der Waals surface area contributed by atoms with E-state index in [1.165, 1.54) is 4.90 Å². The lowest BCUT2D eigenvalue weighted by Crippen LogP contribution is -2.37. The molecule has 3 aromatic carbocycles. The Morgan fingerprint density at radius 3 is 2.17 bits per heavy atom. The summed E-state index contributed by atoms with van der Waals surface area (Å²) in [7, 11) is 0. The van der Waals surface area contributed by atoms with E-state index in [0.29, 0.717) is 15.7 Å². The average molecular weight is 439 g/mol. The third kappa shape index (κ3) is 3.06. The Morgan fingerprint density at radius 1 is 0.733 bits per heavy atom. The van der Waals surface area contributed by atoms with Crippen molar-refractivity contribution in [3.63, 3.8) is 0 Å². The lowest BCUT2D eigenvalue weighted by Gasteiger charge is -2.28. The van der Waals surface area contributed by atoms with Crippen LogP contribution in [0, 0.1) is 5.92 Å². The maximum absolute atomic E-state index is 13.5. The van der Waals surface area contributed by atoms with Gasteiger partial charge in [-0.3, -0.25) is 14.4 Å². The molecule has 0 saturated carbocycles. The number of amides is 2. The molecule has 2 amide bonds. The van der Waals surface area contributed by atoms with Crippen LogP contribution in [-0.2, 0) is 14.4 Å². The van der Waals surface area contributed by atoms with Crippen LogP contribution in [0.2, 0.25) is 10.0 Å². The first-order valence-corrected chi connectivity index (χ1v) is 10.2. The largest absolute Gasteiger partial charge is 0.273 e. The van der Waals surface area contributed by atoms with Crippen molar-refractivity contribution in [1.29, 1.82) is 0 Å². The number of para-hydroxylation sites is 1. The van der Waals surface area contributed by atoms with Gasteiger partial charge in [0, 0.05) is 10.0 Å². The van der Waals surface area contributed by atoms with Crippen LogP contribution in [0.15, 0.2) is 78.9 Å². The van der Waals surface area contributed by atoms with Gasteiger partial charge in [0.1, 0.15) is 5.92 Å². The summed E-state index contributed by atoms with van der Waals surface area (Å²) in [6.07, 6.45) is -0.919. The molecular formula is C23H16Cl2N2O3. The molecular weight excluding hydrogens is 423 g/mol. The van der Waals surface area contributed by atoms with E-state index in [0.717, 1.165) is 11.3 Å². The summed E-state index contributed by atoms with van der Waals surface area (Å²) >= 11 is 12.2. The number of nitrogens with zero attached hydrogens (tertiary/aromatic N) is 2. The van der Waals surface area contributed by atoms with Gasteiger partial charge in [0.15, 0.2) is 6.10 Å². The van der Waals surface area contributed by atoms with Crippen molar-refractivity contribution in [3.8, 4) is 0 Å². The zero-order valence-electron chi connectivity index (χ0n) is 15.6. The topological polar surface area (TPSA) is 49.9 Å². The molecule has 5 rings (SSSR count). The monoisotopic (exact) mass is 438 g/mol. The summed E-state index contributed by atoms with van der Waals surface area (Å²) < 4.78 is 0. The molecule has 150 valence electrons. The zero-order chi connectivity index (χ0) is 20.8. The van der Waals surface area contributed by atoms with Crippen LogP contribution in [0.5, 0.6) is 0 Å². The van der Waals surface area contributed by atoms with Crippen molar-refractivity contribution >= 4 is 46.4 Å². The standard InChI is InChI=1S/C23H16Cl2N2O3/c24-15-9-11-17(12-10-15)26-22(28)19-20(14-5-4-6-16(25)13-14)27(30-21(19)23(26)29)18-7-2-1-3-8-18/h1-13,19-21H/t19-,20+,21+/m0/s1. The Labute approximate surface area is 183 Å². The summed E-state index contributed by atoms with van der Waals surface area (Å²) in [5, 5.41) is 2.73. The third-order valence-corrected chi connectivity index (χ3v) is 5.89. The molecule has 2 aliphatic rings. The van der Waals surface area contributed by atoms with Gasteiger partial charge < -0.3 is 0 Å². The summed E-state index contributed by atoms with van der Waals surface area (Å²) in [6.45, 7) is 0. The van der Waals surface area contributed by atoms with Crippen molar-refractivity contribution in [1.82, 2.24) is 0 Å². The second-order valence-corrected chi connectivity index (χ2v) is 8.07. The van der Waals surface area contributed by atoms with Crippen LogP contribution < -0.4 is 9.96 Å². The lowest BCUT2D eigenvalue weighted by atomic mass is 9.90. The molecule has 0 radical (unpaired) electrons. The van der Waals surface area contributed by atoms with Crippen LogP contribution >= 0.6 is 23.2 Å². The van der Waals surface area contributed by atoms with Crippen molar-refractivity contribution in [2.45, 2.75) is 12.1 Å². The van der Waals surface area contributed by atoms with Crippen LogP contribution in [0.25, 0.3) is 0 Å². The van der Waals surface area contributed by atoms with E-state index in [1.807, 2.05) is 42.5 Å². The maximum atomic E-state index is 13.5. The number of hydroxylamine groups is 1. The summed E-state index contributed by atoms with van der Waals surface area (Å²) in [6, 6.07) is 22.8. The molecule has 2 saturated heterocycles. The Balaban J connectivity index is 1.59. The number of imide groups is 1. The van der Waals surface area contributed by atoms with E-state index in [4.69, 9.17) is 28.0 Å². The second-order valence-electron chi connectivity index (χ2n) is 7.20. The Kier molecular flexibility index (Phi) is 4.74. The highest BCUT2D eigenvalue weighted by atomic mass is 35.5. The minimum atomic E-state index is -0.919. The van der Waals surface area contributed by atoms with Gasteiger partial charge in [0.2, 0.25) is 5.91 Å². The lowest BCUT2D eigenvalue weighted by molar-refractivity contribution is -0.126. The van der Waals surface area contributed by atoms with E-state index < -0.39 is 24.0 Å². The summed E-state index contributed by atoms with van der Waals surface area (Å²) in [5.74, 6) is -1.40. The van der Waals surface area contributed by atoms with Gasteiger partial charge in [0.05, 0.1) is 17.4 Å². The second kappa shape index (κ2) is 7.43. The van der Waals surface area contributed by atoms with Crippen LogP contribution in [0.4, 0.5) is 11.4 Å². The zero-order valence-corrected chi connectivity index (χ0v) is 17.1. The van der Waals surface area contributed by atoms with Crippen LogP contribution in [0.3, 0.4) is 0 Å². The van der Waals surface area contributed by atoms with E-state index in [-0.39, 0.29) is 5.91 Å². The molecule has 0 aliphatic carbocycles. The molecule has 2 fully saturated rings. The smallest absolute Gasteiger partial charge is 0.266 e. The minimum absolute atomic E-state index is 0.310. The Hall–Kier alpha value is -2.86. The molecule has 30 heavy (non-hydrogen) atoms. The normalized spacial score (nSPS) is 23.2. The highest BCUT2D eigenvalue weighted by Gasteiger charge is 2.60. The summed E-state index contributed by atoms with van der Waals surface area (Å²) in [4.78, 5) is 33.9. The first-order chi connectivity index (χ1) is 14.5. The summed E-state index contributed by atoms with van der Waals surface area (Å²) in [5.41, 5.74) is 2.04. The van der Waals surface area contributed by atoms with Crippen molar-refractivity contribution < 1.29 is 14.4 Å². The van der Waals surface area contributed by atoms with Gasteiger partial charge in [-0.25, -0.2) is 9.96 Å². The number of anilines is 2. The van der Waals surface area contributed by atoms with E-state index >= 15 is 0 Å². The highest BCUT2D eigenvalue weighted by Crippen LogP contribution is 2.47. The molecule has 3 atom stereocenters. The molecule has 2 aliphatic heterocycles. The van der Waals surface area contributed by atoms with Gasteiger partial charge in [-0.1, -0.05) is 53.5 Å². The Morgan fingerprint density at radius 2 is 1.47 bits per heavy atom. The minimum Gasteiger partial charge on any atom is -0.273 e. The van der Waals surface area contributed by atoms with E-state index in [1.54, 1.807) is 41.5 Å². The fourth-order valence-electron chi connectivity index (χ4n) is 4.09. The van der Waals surface area contributed by atoms with Crippen molar-refractivity contribution in [2.24, 2.45) is 5.92 Å². The van der Waals surface area contributed by atoms with Gasteiger partial charge in [0.25, 0.3) is 5.91 Å². The number of halogens is 2. The van der Waals surface area contributed by atoms with Crippen molar-refractivity contribution in [2.75, 3.05) is 9.96 Å². The fourth-order valence-corrected chi connectivity index (χ4v) is 4.41. The first-order valence-electron chi connectivity index (χ1n) is 9.44. The molecule has 5 nitrogen and oxygen atoms in total. The van der Waals surface area contributed by atoms with Crippen LogP contribution in [0.1, 0.15) is 11.6 Å². The molecule has 0 N–H and O–H groups in total. The molecule has 0 unspecified atom stereocenters. The number of hydrogen-bond acceptors (Lipinski definition) is 4. The van der Waals surface area contributed by atoms with Gasteiger partial charge in [-0.15, -0.1) is 0 Å². The molecule has 3 aromatic rings.